The van der Waals surface area contributed by atoms with Crippen LogP contribution in [0.3, 0.4) is 0 Å². The molecule has 0 atom stereocenters. The highest BCUT2D eigenvalue weighted by atomic mass is 16.1. The number of carbonyl (C=O) groups is 1. The largest absolute Gasteiger partial charge is 0.326 e. The van der Waals surface area contributed by atoms with Crippen molar-refractivity contribution in [2.45, 2.75) is 46.2 Å². The number of fused-ring (bicyclic) bond motifs is 1. The molecule has 1 aromatic heterocycles. The van der Waals surface area contributed by atoms with Gasteiger partial charge in [0.2, 0.25) is 5.91 Å². The molecular formula is C18H24N4O. The van der Waals surface area contributed by atoms with E-state index < -0.39 is 0 Å². The van der Waals surface area contributed by atoms with Crippen LogP contribution in [0.4, 0.5) is 5.69 Å². The second-order valence-electron chi connectivity index (χ2n) is 7.04. The lowest BCUT2D eigenvalue weighted by Crippen LogP contribution is -2.30. The SMILES string of the molecule is CC(=O)Nc1ccc(-c2nn(C(C)(C)C)c3c2CNCC3)cc1. The molecule has 2 heterocycles. The summed E-state index contributed by atoms with van der Waals surface area (Å²) < 4.78 is 2.17. The zero-order chi connectivity index (χ0) is 16.6. The number of hydrogen-bond donors (Lipinski definition) is 2. The fraction of sp³-hybridized carbons (Fsp3) is 0.444. The smallest absolute Gasteiger partial charge is 0.221 e. The molecule has 5 nitrogen and oxygen atoms in total. The van der Waals surface area contributed by atoms with Gasteiger partial charge in [0.1, 0.15) is 0 Å². The molecule has 0 saturated heterocycles. The molecule has 23 heavy (non-hydrogen) atoms. The minimum Gasteiger partial charge on any atom is -0.326 e. The van der Waals surface area contributed by atoms with Crippen LogP contribution in [0, 0.1) is 0 Å². The van der Waals surface area contributed by atoms with Gasteiger partial charge in [-0.05, 0) is 32.9 Å². The van der Waals surface area contributed by atoms with E-state index in [2.05, 4.69) is 36.1 Å². The Morgan fingerprint density at radius 3 is 2.57 bits per heavy atom. The maximum absolute atomic E-state index is 11.1. The molecule has 0 saturated carbocycles. The van der Waals surface area contributed by atoms with Gasteiger partial charge in [0.15, 0.2) is 0 Å². The monoisotopic (exact) mass is 312 g/mol. The molecule has 122 valence electrons. The topological polar surface area (TPSA) is 59.0 Å². The maximum atomic E-state index is 11.1. The van der Waals surface area contributed by atoms with Crippen LogP contribution in [-0.2, 0) is 23.3 Å². The normalized spacial score (nSPS) is 14.4. The second-order valence-corrected chi connectivity index (χ2v) is 7.04. The van der Waals surface area contributed by atoms with Crippen LogP contribution in [0.2, 0.25) is 0 Å². The zero-order valence-corrected chi connectivity index (χ0v) is 14.2. The number of aromatic nitrogens is 2. The molecule has 1 aliphatic rings. The maximum Gasteiger partial charge on any atom is 0.221 e. The van der Waals surface area contributed by atoms with Crippen molar-refractivity contribution in [1.29, 1.82) is 0 Å². The van der Waals surface area contributed by atoms with Gasteiger partial charge in [0, 0.05) is 48.9 Å². The van der Waals surface area contributed by atoms with Gasteiger partial charge in [-0.1, -0.05) is 12.1 Å². The number of amides is 1. The first-order valence-corrected chi connectivity index (χ1v) is 8.06. The molecule has 0 spiro atoms. The Balaban J connectivity index is 2.02. The lowest BCUT2D eigenvalue weighted by Gasteiger charge is -2.24. The summed E-state index contributed by atoms with van der Waals surface area (Å²) in [5, 5.41) is 11.2. The summed E-state index contributed by atoms with van der Waals surface area (Å²) >= 11 is 0. The van der Waals surface area contributed by atoms with Crippen LogP contribution in [0.5, 0.6) is 0 Å². The molecule has 1 aromatic carbocycles. The van der Waals surface area contributed by atoms with Gasteiger partial charge in [0.05, 0.1) is 11.2 Å². The molecule has 0 bridgehead atoms. The van der Waals surface area contributed by atoms with Crippen molar-refractivity contribution in [2.24, 2.45) is 0 Å². The van der Waals surface area contributed by atoms with Gasteiger partial charge in [-0.3, -0.25) is 9.48 Å². The van der Waals surface area contributed by atoms with Crippen LogP contribution >= 0.6 is 0 Å². The predicted octanol–water partition coefficient (Wildman–Crippen LogP) is 2.91. The number of benzene rings is 1. The van der Waals surface area contributed by atoms with Crippen molar-refractivity contribution in [3.63, 3.8) is 0 Å². The number of hydrogen-bond acceptors (Lipinski definition) is 3. The standard InChI is InChI=1S/C18H24N4O/c1-12(23)20-14-7-5-13(6-8-14)17-15-11-19-10-9-16(15)22(21-17)18(2,3)4/h5-8,19H,9-11H2,1-4H3,(H,20,23). The van der Waals surface area contributed by atoms with Crippen LogP contribution in [-0.4, -0.2) is 22.2 Å². The fourth-order valence-corrected chi connectivity index (χ4v) is 3.05. The van der Waals surface area contributed by atoms with E-state index in [-0.39, 0.29) is 11.4 Å². The summed E-state index contributed by atoms with van der Waals surface area (Å²) in [6.07, 6.45) is 1.00. The lowest BCUT2D eigenvalue weighted by atomic mass is 10.0. The van der Waals surface area contributed by atoms with E-state index in [4.69, 9.17) is 5.10 Å². The molecular weight excluding hydrogens is 288 g/mol. The van der Waals surface area contributed by atoms with Crippen molar-refractivity contribution in [3.8, 4) is 11.3 Å². The molecule has 0 aliphatic carbocycles. The van der Waals surface area contributed by atoms with Crippen LogP contribution in [0.1, 0.15) is 39.0 Å². The average molecular weight is 312 g/mol. The van der Waals surface area contributed by atoms with E-state index in [1.165, 1.54) is 18.2 Å². The van der Waals surface area contributed by atoms with Crippen LogP contribution < -0.4 is 10.6 Å². The van der Waals surface area contributed by atoms with Gasteiger partial charge in [-0.15, -0.1) is 0 Å². The summed E-state index contributed by atoms with van der Waals surface area (Å²) in [5.41, 5.74) is 5.52. The molecule has 2 N–H and O–H groups in total. The number of anilines is 1. The van der Waals surface area contributed by atoms with E-state index in [1.807, 2.05) is 24.3 Å². The summed E-state index contributed by atoms with van der Waals surface area (Å²) in [4.78, 5) is 11.1. The highest BCUT2D eigenvalue weighted by Crippen LogP contribution is 2.31. The average Bonchev–Trinajstić information content (AvgIpc) is 2.87. The lowest BCUT2D eigenvalue weighted by molar-refractivity contribution is -0.114. The highest BCUT2D eigenvalue weighted by molar-refractivity contribution is 5.89. The van der Waals surface area contributed by atoms with Crippen molar-refractivity contribution in [1.82, 2.24) is 15.1 Å². The van der Waals surface area contributed by atoms with Crippen molar-refractivity contribution >= 4 is 11.6 Å². The van der Waals surface area contributed by atoms with Gasteiger partial charge < -0.3 is 10.6 Å². The number of nitrogens with one attached hydrogen (secondary N) is 2. The van der Waals surface area contributed by atoms with E-state index in [0.29, 0.717) is 0 Å². The second kappa shape index (κ2) is 5.81. The van der Waals surface area contributed by atoms with E-state index in [9.17, 15) is 4.79 Å². The molecule has 1 amide bonds. The molecule has 0 radical (unpaired) electrons. The molecule has 0 unspecified atom stereocenters. The predicted molar refractivity (Wildman–Crippen MR) is 92.4 cm³/mol. The molecule has 2 aromatic rings. The highest BCUT2D eigenvalue weighted by Gasteiger charge is 2.26. The minimum atomic E-state index is -0.0589. The first-order chi connectivity index (χ1) is 10.9. The Kier molecular flexibility index (Phi) is 3.98. The third-order valence-electron chi connectivity index (χ3n) is 4.04. The van der Waals surface area contributed by atoms with Gasteiger partial charge >= 0.3 is 0 Å². The Bertz CT molecular complexity index is 723. The molecule has 3 rings (SSSR count). The van der Waals surface area contributed by atoms with Crippen molar-refractivity contribution in [3.05, 3.63) is 35.5 Å². The van der Waals surface area contributed by atoms with E-state index >= 15 is 0 Å². The Morgan fingerprint density at radius 1 is 1.26 bits per heavy atom. The van der Waals surface area contributed by atoms with Crippen molar-refractivity contribution in [2.75, 3.05) is 11.9 Å². The fourth-order valence-electron chi connectivity index (χ4n) is 3.05. The quantitative estimate of drug-likeness (QED) is 0.896. The number of nitrogens with zero attached hydrogens (tertiary/aromatic N) is 2. The first-order valence-electron chi connectivity index (χ1n) is 8.06. The summed E-state index contributed by atoms with van der Waals surface area (Å²) in [6.45, 7) is 9.93. The number of carbonyl (C=O) groups excluding carboxylic acids is 1. The number of rotatable bonds is 2. The van der Waals surface area contributed by atoms with E-state index in [0.717, 1.165) is 36.5 Å². The molecule has 1 aliphatic heterocycles. The van der Waals surface area contributed by atoms with Crippen LogP contribution in [0.15, 0.2) is 24.3 Å². The summed E-state index contributed by atoms with van der Waals surface area (Å²) in [5.74, 6) is -0.0589. The van der Waals surface area contributed by atoms with Gasteiger partial charge in [-0.25, -0.2) is 0 Å². The Hall–Kier alpha value is -2.14. The van der Waals surface area contributed by atoms with Gasteiger partial charge in [0.25, 0.3) is 0 Å². The molecule has 5 heteroatoms. The minimum absolute atomic E-state index is 0.0319. The Labute approximate surface area is 137 Å². The van der Waals surface area contributed by atoms with Gasteiger partial charge in [-0.2, -0.15) is 5.10 Å². The zero-order valence-electron chi connectivity index (χ0n) is 14.2. The summed E-state index contributed by atoms with van der Waals surface area (Å²) in [6, 6.07) is 7.90. The van der Waals surface area contributed by atoms with Crippen LogP contribution in [0.25, 0.3) is 11.3 Å². The van der Waals surface area contributed by atoms with Crippen molar-refractivity contribution < 1.29 is 4.79 Å². The summed E-state index contributed by atoms with van der Waals surface area (Å²) in [7, 11) is 0. The first kappa shape index (κ1) is 15.7. The molecule has 0 fully saturated rings. The third kappa shape index (κ3) is 3.15. The Morgan fingerprint density at radius 2 is 1.96 bits per heavy atom. The van der Waals surface area contributed by atoms with E-state index in [1.54, 1.807) is 0 Å². The third-order valence-corrected chi connectivity index (χ3v) is 4.04.